The van der Waals surface area contributed by atoms with Crippen LogP contribution >= 0.6 is 11.3 Å². The molecule has 9 aromatic rings. The number of rotatable bonds is 4. The average molecular weight is 578 g/mol. The largest absolute Gasteiger partial charge is 0.310 e. The summed E-state index contributed by atoms with van der Waals surface area (Å²) in [7, 11) is 0. The van der Waals surface area contributed by atoms with Crippen molar-refractivity contribution < 1.29 is 0 Å². The second kappa shape index (κ2) is 10.1. The summed E-state index contributed by atoms with van der Waals surface area (Å²) in [6, 6.07) is 59.7. The Morgan fingerprint density at radius 2 is 0.977 bits per heavy atom. The lowest BCUT2D eigenvalue weighted by molar-refractivity contribution is 1.31. The molecule has 0 bridgehead atoms. The van der Waals surface area contributed by atoms with Crippen LogP contribution in [-0.4, -0.2) is 0 Å². The molecule has 206 valence electrons. The quantitative estimate of drug-likeness (QED) is 0.188. The molecule has 0 atom stereocenters. The molecule has 0 N–H and O–H groups in total. The Balaban J connectivity index is 1.31. The highest BCUT2D eigenvalue weighted by Gasteiger charge is 2.20. The van der Waals surface area contributed by atoms with Crippen LogP contribution in [0.15, 0.2) is 164 Å². The maximum absolute atomic E-state index is 2.44. The van der Waals surface area contributed by atoms with Gasteiger partial charge in [0.2, 0.25) is 0 Å². The van der Waals surface area contributed by atoms with E-state index in [9.17, 15) is 0 Å². The van der Waals surface area contributed by atoms with Crippen LogP contribution < -0.4 is 4.90 Å². The summed E-state index contributed by atoms with van der Waals surface area (Å²) in [4.78, 5) is 2.44. The minimum atomic E-state index is 1.13. The first-order valence-corrected chi connectivity index (χ1v) is 15.8. The zero-order chi connectivity index (χ0) is 29.0. The lowest BCUT2D eigenvalue weighted by Crippen LogP contribution is -2.10. The Morgan fingerprint density at radius 3 is 1.82 bits per heavy atom. The van der Waals surface area contributed by atoms with Gasteiger partial charge in [0.05, 0.1) is 5.69 Å². The van der Waals surface area contributed by atoms with Gasteiger partial charge < -0.3 is 4.90 Å². The summed E-state index contributed by atoms with van der Waals surface area (Å²) in [5.41, 5.74) is 5.90. The van der Waals surface area contributed by atoms with Crippen molar-refractivity contribution in [2.75, 3.05) is 4.90 Å². The Bertz CT molecular complexity index is 2490. The van der Waals surface area contributed by atoms with Crippen molar-refractivity contribution in [3.05, 3.63) is 164 Å². The summed E-state index contributed by atoms with van der Waals surface area (Å²) in [5, 5.41) is 10.3. The van der Waals surface area contributed by atoms with E-state index in [-0.39, 0.29) is 0 Å². The molecule has 0 aliphatic carbocycles. The van der Waals surface area contributed by atoms with Crippen LogP contribution in [0.4, 0.5) is 17.1 Å². The van der Waals surface area contributed by atoms with Gasteiger partial charge in [-0.2, -0.15) is 0 Å². The second-order valence-electron chi connectivity index (χ2n) is 11.4. The predicted octanol–water partition coefficient (Wildman–Crippen LogP) is 12.7. The average Bonchev–Trinajstić information content (AvgIpc) is 3.48. The molecule has 1 heterocycles. The van der Waals surface area contributed by atoms with Gasteiger partial charge in [0.25, 0.3) is 0 Å². The van der Waals surface area contributed by atoms with Crippen LogP contribution in [0.2, 0.25) is 0 Å². The lowest BCUT2D eigenvalue weighted by Gasteiger charge is -2.28. The van der Waals surface area contributed by atoms with Crippen LogP contribution in [0.25, 0.3) is 63.6 Å². The molecule has 1 aromatic heterocycles. The van der Waals surface area contributed by atoms with E-state index < -0.39 is 0 Å². The molecule has 0 aliphatic rings. The summed E-state index contributed by atoms with van der Waals surface area (Å²) in [6.45, 7) is 0. The van der Waals surface area contributed by atoms with Gasteiger partial charge in [-0.15, -0.1) is 11.3 Å². The number of hydrogen-bond acceptors (Lipinski definition) is 2. The first kappa shape index (κ1) is 25.1. The molecule has 0 aliphatic heterocycles. The van der Waals surface area contributed by atoms with Crippen molar-refractivity contribution in [3.8, 4) is 11.1 Å². The van der Waals surface area contributed by atoms with E-state index in [1.807, 2.05) is 11.3 Å². The molecular formula is C42H27NS. The van der Waals surface area contributed by atoms with Gasteiger partial charge in [0.1, 0.15) is 0 Å². The third-order valence-corrected chi connectivity index (χ3v) is 9.94. The van der Waals surface area contributed by atoms with Gasteiger partial charge in [-0.25, -0.2) is 0 Å². The molecule has 2 heteroatoms. The second-order valence-corrected chi connectivity index (χ2v) is 12.4. The third-order valence-electron chi connectivity index (χ3n) is 8.82. The van der Waals surface area contributed by atoms with Crippen LogP contribution in [0.3, 0.4) is 0 Å². The van der Waals surface area contributed by atoms with Gasteiger partial charge in [0, 0.05) is 36.9 Å². The van der Waals surface area contributed by atoms with E-state index in [1.165, 1.54) is 69.3 Å². The van der Waals surface area contributed by atoms with Crippen LogP contribution in [-0.2, 0) is 0 Å². The van der Waals surface area contributed by atoms with Crippen LogP contribution in [0.1, 0.15) is 0 Å². The Hall–Kier alpha value is -5.44. The van der Waals surface area contributed by atoms with Crippen LogP contribution in [0, 0.1) is 0 Å². The molecule has 0 radical (unpaired) electrons. The summed E-state index contributed by atoms with van der Waals surface area (Å²) >= 11 is 1.88. The molecule has 0 saturated carbocycles. The van der Waals surface area contributed by atoms with E-state index in [2.05, 4.69) is 169 Å². The fourth-order valence-corrected chi connectivity index (χ4v) is 7.91. The van der Waals surface area contributed by atoms with Gasteiger partial charge in [-0.3, -0.25) is 0 Å². The van der Waals surface area contributed by atoms with Gasteiger partial charge in [-0.1, -0.05) is 127 Å². The molecular weight excluding hydrogens is 551 g/mol. The number of thiophene rings is 1. The van der Waals surface area contributed by atoms with Crippen molar-refractivity contribution in [1.29, 1.82) is 0 Å². The van der Waals surface area contributed by atoms with E-state index in [0.29, 0.717) is 0 Å². The van der Waals surface area contributed by atoms with Crippen LogP contribution in [0.5, 0.6) is 0 Å². The SMILES string of the molecule is c1ccc(-c2ccc(N(c3ccc4c(ccc5ccccc54)c3)c3cc4sc5ccccc5c4c4ccccc34)cc2)cc1. The van der Waals surface area contributed by atoms with Gasteiger partial charge in [0.15, 0.2) is 0 Å². The van der Waals surface area contributed by atoms with Gasteiger partial charge >= 0.3 is 0 Å². The molecule has 0 amide bonds. The third kappa shape index (κ3) is 4.00. The topological polar surface area (TPSA) is 3.24 Å². The molecule has 8 aromatic carbocycles. The van der Waals surface area contributed by atoms with E-state index in [0.717, 1.165) is 11.4 Å². The Kier molecular flexibility index (Phi) is 5.75. The monoisotopic (exact) mass is 577 g/mol. The molecule has 0 fully saturated rings. The van der Waals surface area contributed by atoms with E-state index in [4.69, 9.17) is 0 Å². The molecule has 0 spiro atoms. The lowest BCUT2D eigenvalue weighted by atomic mass is 9.99. The summed E-state index contributed by atoms with van der Waals surface area (Å²) in [6.07, 6.45) is 0. The number of benzene rings is 8. The highest BCUT2D eigenvalue weighted by Crippen LogP contribution is 2.47. The normalized spacial score (nSPS) is 11.6. The number of hydrogen-bond donors (Lipinski definition) is 0. The molecule has 9 rings (SSSR count). The summed E-state index contributed by atoms with van der Waals surface area (Å²) in [5.74, 6) is 0. The fraction of sp³-hybridized carbons (Fsp3) is 0. The van der Waals surface area contributed by atoms with Crippen molar-refractivity contribution in [3.63, 3.8) is 0 Å². The van der Waals surface area contributed by atoms with Crippen molar-refractivity contribution in [2.24, 2.45) is 0 Å². The maximum Gasteiger partial charge on any atom is 0.0554 e. The van der Waals surface area contributed by atoms with Crippen molar-refractivity contribution in [1.82, 2.24) is 0 Å². The van der Waals surface area contributed by atoms with E-state index >= 15 is 0 Å². The Morgan fingerprint density at radius 1 is 0.364 bits per heavy atom. The highest BCUT2D eigenvalue weighted by molar-refractivity contribution is 7.26. The number of anilines is 3. The van der Waals surface area contributed by atoms with E-state index in [1.54, 1.807) is 0 Å². The standard InChI is InChI=1S/C42H27NS/c1-2-10-28(11-3-1)29-20-22-32(23-21-29)43(33-24-25-35-31(26-33)19-18-30-12-4-5-13-34(30)35)39-27-41-42(37-15-7-6-14-36(37)39)38-16-8-9-17-40(38)44-41/h1-27H. The van der Waals surface area contributed by atoms with Crippen molar-refractivity contribution in [2.45, 2.75) is 0 Å². The van der Waals surface area contributed by atoms with Crippen molar-refractivity contribution >= 4 is 80.9 Å². The number of nitrogens with zero attached hydrogens (tertiary/aromatic N) is 1. The number of fused-ring (bicyclic) bond motifs is 8. The molecule has 0 unspecified atom stereocenters. The Labute approximate surface area is 259 Å². The first-order valence-electron chi connectivity index (χ1n) is 15.0. The maximum atomic E-state index is 2.44. The predicted molar refractivity (Wildman–Crippen MR) is 192 cm³/mol. The minimum Gasteiger partial charge on any atom is -0.310 e. The zero-order valence-corrected chi connectivity index (χ0v) is 24.8. The molecule has 0 saturated heterocycles. The first-order chi connectivity index (χ1) is 21.8. The molecule has 1 nitrogen and oxygen atoms in total. The zero-order valence-electron chi connectivity index (χ0n) is 23.9. The molecule has 44 heavy (non-hydrogen) atoms. The minimum absolute atomic E-state index is 1.13. The highest BCUT2D eigenvalue weighted by atomic mass is 32.1. The summed E-state index contributed by atoms with van der Waals surface area (Å²) < 4.78 is 2.62. The fourth-order valence-electron chi connectivity index (χ4n) is 6.76. The van der Waals surface area contributed by atoms with Gasteiger partial charge in [-0.05, 0) is 74.5 Å². The smallest absolute Gasteiger partial charge is 0.0554 e.